The summed E-state index contributed by atoms with van der Waals surface area (Å²) in [5.41, 5.74) is 2.78. The first-order valence-electron chi connectivity index (χ1n) is 8.46. The summed E-state index contributed by atoms with van der Waals surface area (Å²) in [5.74, 6) is 1.34. The molecule has 6 heteroatoms. The number of amides is 1. The molecular formula is C20H18N4O2. The number of nitrogens with one attached hydrogen (secondary N) is 2. The van der Waals surface area contributed by atoms with Gasteiger partial charge in [-0.2, -0.15) is 0 Å². The van der Waals surface area contributed by atoms with Gasteiger partial charge >= 0.3 is 0 Å². The summed E-state index contributed by atoms with van der Waals surface area (Å²) in [5, 5.41) is 3.75. The largest absolute Gasteiger partial charge is 0.483 e. The first-order valence-corrected chi connectivity index (χ1v) is 8.46. The Morgan fingerprint density at radius 3 is 2.85 bits per heavy atom. The van der Waals surface area contributed by atoms with E-state index in [0.29, 0.717) is 18.7 Å². The quantitative estimate of drug-likeness (QED) is 0.563. The van der Waals surface area contributed by atoms with Gasteiger partial charge in [0.15, 0.2) is 6.61 Å². The number of para-hydroxylation sites is 2. The van der Waals surface area contributed by atoms with Crippen LogP contribution in [0.3, 0.4) is 0 Å². The molecule has 0 aliphatic carbocycles. The Bertz CT molecular complexity index is 1020. The van der Waals surface area contributed by atoms with Gasteiger partial charge in [-0.1, -0.05) is 18.2 Å². The number of aromatic amines is 1. The van der Waals surface area contributed by atoms with Gasteiger partial charge in [-0.25, -0.2) is 4.98 Å². The molecule has 2 N–H and O–H groups in total. The Morgan fingerprint density at radius 1 is 1.04 bits per heavy atom. The average molecular weight is 346 g/mol. The maximum absolute atomic E-state index is 12.0. The number of hydrogen-bond donors (Lipinski definition) is 2. The van der Waals surface area contributed by atoms with E-state index < -0.39 is 0 Å². The van der Waals surface area contributed by atoms with Crippen LogP contribution >= 0.6 is 0 Å². The normalized spacial score (nSPS) is 10.9. The van der Waals surface area contributed by atoms with Crippen molar-refractivity contribution in [1.29, 1.82) is 0 Å². The van der Waals surface area contributed by atoms with Gasteiger partial charge in [-0.3, -0.25) is 9.78 Å². The zero-order valence-corrected chi connectivity index (χ0v) is 14.1. The lowest BCUT2D eigenvalue weighted by Crippen LogP contribution is -2.30. The van der Waals surface area contributed by atoms with Crippen LogP contribution in [0.1, 0.15) is 5.82 Å². The number of rotatable bonds is 6. The van der Waals surface area contributed by atoms with Crippen molar-refractivity contribution < 1.29 is 9.53 Å². The molecule has 0 aliphatic heterocycles. The third-order valence-corrected chi connectivity index (χ3v) is 4.09. The number of carbonyl (C=O) groups is 1. The highest BCUT2D eigenvalue weighted by Gasteiger charge is 2.07. The standard InChI is InChI=1S/C20H18N4O2/c25-20(13-26-18-9-3-8-15-14(18)5-4-11-21-15)22-12-10-19-23-16-6-1-2-7-17(16)24-19/h1-9,11H,10,12-13H2,(H,22,25)(H,23,24). The number of pyridine rings is 1. The summed E-state index contributed by atoms with van der Waals surface area (Å²) >= 11 is 0. The van der Waals surface area contributed by atoms with Crippen molar-refractivity contribution in [2.24, 2.45) is 0 Å². The third-order valence-electron chi connectivity index (χ3n) is 4.09. The van der Waals surface area contributed by atoms with E-state index in [0.717, 1.165) is 27.8 Å². The lowest BCUT2D eigenvalue weighted by atomic mass is 10.2. The number of H-pyrrole nitrogens is 1. The molecule has 130 valence electrons. The zero-order chi connectivity index (χ0) is 17.8. The second kappa shape index (κ2) is 7.23. The number of hydrogen-bond acceptors (Lipinski definition) is 4. The molecule has 0 atom stereocenters. The topological polar surface area (TPSA) is 79.9 Å². The number of ether oxygens (including phenoxy) is 1. The Labute approximate surface area is 150 Å². The van der Waals surface area contributed by atoms with E-state index in [2.05, 4.69) is 20.3 Å². The van der Waals surface area contributed by atoms with Gasteiger partial charge in [0.2, 0.25) is 0 Å². The molecule has 4 rings (SSSR count). The predicted molar refractivity (Wildman–Crippen MR) is 100 cm³/mol. The monoisotopic (exact) mass is 346 g/mol. The molecule has 2 aromatic heterocycles. The summed E-state index contributed by atoms with van der Waals surface area (Å²) in [6.45, 7) is 0.466. The second-order valence-corrected chi connectivity index (χ2v) is 5.92. The van der Waals surface area contributed by atoms with Crippen molar-refractivity contribution in [3.05, 3.63) is 66.6 Å². The second-order valence-electron chi connectivity index (χ2n) is 5.92. The van der Waals surface area contributed by atoms with E-state index in [1.807, 2.05) is 54.6 Å². The SMILES string of the molecule is O=C(COc1cccc2ncccc12)NCCc1nc2ccccc2[nH]1. The first kappa shape index (κ1) is 16.1. The minimum atomic E-state index is -0.165. The Kier molecular flexibility index (Phi) is 4.47. The van der Waals surface area contributed by atoms with Gasteiger partial charge in [0.1, 0.15) is 11.6 Å². The lowest BCUT2D eigenvalue weighted by Gasteiger charge is -2.09. The van der Waals surface area contributed by atoms with Crippen molar-refractivity contribution >= 4 is 27.8 Å². The van der Waals surface area contributed by atoms with Gasteiger partial charge < -0.3 is 15.0 Å². The third kappa shape index (κ3) is 3.49. The highest BCUT2D eigenvalue weighted by atomic mass is 16.5. The smallest absolute Gasteiger partial charge is 0.257 e. The van der Waals surface area contributed by atoms with Gasteiger partial charge in [0.05, 0.1) is 16.6 Å². The van der Waals surface area contributed by atoms with Gasteiger partial charge in [0, 0.05) is 24.5 Å². The molecule has 1 amide bonds. The minimum absolute atomic E-state index is 0.0336. The van der Waals surface area contributed by atoms with E-state index in [-0.39, 0.29) is 12.5 Å². The summed E-state index contributed by atoms with van der Waals surface area (Å²) < 4.78 is 5.66. The fourth-order valence-corrected chi connectivity index (χ4v) is 2.84. The molecule has 0 saturated heterocycles. The van der Waals surface area contributed by atoms with E-state index in [9.17, 15) is 4.79 Å². The van der Waals surface area contributed by atoms with Crippen LogP contribution < -0.4 is 10.1 Å². The Morgan fingerprint density at radius 2 is 1.92 bits per heavy atom. The first-order chi connectivity index (χ1) is 12.8. The molecular weight excluding hydrogens is 328 g/mol. The maximum Gasteiger partial charge on any atom is 0.257 e. The molecule has 0 fully saturated rings. The van der Waals surface area contributed by atoms with E-state index >= 15 is 0 Å². The zero-order valence-electron chi connectivity index (χ0n) is 14.1. The summed E-state index contributed by atoms with van der Waals surface area (Å²) in [6, 6.07) is 17.3. The van der Waals surface area contributed by atoms with Crippen LogP contribution in [-0.2, 0) is 11.2 Å². The number of fused-ring (bicyclic) bond motifs is 2. The molecule has 4 aromatic rings. The molecule has 0 saturated carbocycles. The van der Waals surface area contributed by atoms with Gasteiger partial charge in [0.25, 0.3) is 5.91 Å². The van der Waals surface area contributed by atoms with Crippen LogP contribution in [0.15, 0.2) is 60.8 Å². The predicted octanol–water partition coefficient (Wildman–Crippen LogP) is 2.85. The number of aromatic nitrogens is 3. The number of carbonyl (C=O) groups excluding carboxylic acids is 1. The van der Waals surface area contributed by atoms with Gasteiger partial charge in [-0.15, -0.1) is 0 Å². The van der Waals surface area contributed by atoms with Crippen molar-refractivity contribution in [1.82, 2.24) is 20.3 Å². The van der Waals surface area contributed by atoms with E-state index in [4.69, 9.17) is 4.74 Å². The molecule has 0 spiro atoms. The molecule has 0 radical (unpaired) electrons. The van der Waals surface area contributed by atoms with Crippen molar-refractivity contribution in [3.63, 3.8) is 0 Å². The molecule has 2 aromatic carbocycles. The lowest BCUT2D eigenvalue weighted by molar-refractivity contribution is -0.123. The van der Waals surface area contributed by atoms with Crippen LogP contribution in [0.2, 0.25) is 0 Å². The summed E-state index contributed by atoms with van der Waals surface area (Å²) in [6.07, 6.45) is 2.37. The molecule has 0 bridgehead atoms. The minimum Gasteiger partial charge on any atom is -0.483 e. The van der Waals surface area contributed by atoms with Crippen LogP contribution in [0.4, 0.5) is 0 Å². The van der Waals surface area contributed by atoms with E-state index in [1.54, 1.807) is 6.20 Å². The number of nitrogens with zero attached hydrogens (tertiary/aromatic N) is 2. The number of imidazole rings is 1. The average Bonchev–Trinajstić information content (AvgIpc) is 3.09. The van der Waals surface area contributed by atoms with Crippen LogP contribution in [-0.4, -0.2) is 34.0 Å². The van der Waals surface area contributed by atoms with Crippen molar-refractivity contribution in [2.45, 2.75) is 6.42 Å². The van der Waals surface area contributed by atoms with Crippen molar-refractivity contribution in [3.8, 4) is 5.75 Å². The highest BCUT2D eigenvalue weighted by Crippen LogP contribution is 2.23. The Hall–Kier alpha value is -3.41. The molecule has 6 nitrogen and oxygen atoms in total. The van der Waals surface area contributed by atoms with E-state index in [1.165, 1.54) is 0 Å². The fraction of sp³-hybridized carbons (Fsp3) is 0.150. The summed E-state index contributed by atoms with van der Waals surface area (Å²) in [4.78, 5) is 24.1. The molecule has 26 heavy (non-hydrogen) atoms. The van der Waals surface area contributed by atoms with Crippen molar-refractivity contribution in [2.75, 3.05) is 13.2 Å². The van der Waals surface area contributed by atoms with Gasteiger partial charge in [-0.05, 0) is 36.4 Å². The van der Waals surface area contributed by atoms with Crippen LogP contribution in [0, 0.1) is 0 Å². The van der Waals surface area contributed by atoms with Crippen LogP contribution in [0.5, 0.6) is 5.75 Å². The van der Waals surface area contributed by atoms with Crippen LogP contribution in [0.25, 0.3) is 21.9 Å². The molecule has 0 aliphatic rings. The highest BCUT2D eigenvalue weighted by molar-refractivity contribution is 5.85. The summed E-state index contributed by atoms with van der Waals surface area (Å²) in [7, 11) is 0. The number of benzene rings is 2. The molecule has 0 unspecified atom stereocenters. The molecule has 2 heterocycles. The Balaban J connectivity index is 1.30. The fourth-order valence-electron chi connectivity index (χ4n) is 2.84. The maximum atomic E-state index is 12.0.